The molecule has 3 fully saturated rings. The van der Waals surface area contributed by atoms with Crippen molar-refractivity contribution in [3.05, 3.63) is 12.2 Å². The molecule has 0 aromatic heterocycles. The molecule has 0 bridgehead atoms. The maximum atomic E-state index is 12.1. The molecule has 4 aliphatic carbocycles. The van der Waals surface area contributed by atoms with Crippen molar-refractivity contribution in [2.75, 3.05) is 13.2 Å². The van der Waals surface area contributed by atoms with Crippen molar-refractivity contribution in [1.29, 1.82) is 0 Å². The maximum Gasteiger partial charge on any atom is 0.322 e. The average Bonchev–Trinajstić information content (AvgIpc) is 2.47. The fraction of sp³-hybridized carbons (Fsp3) is 0.800. The molecule has 4 aliphatic rings. The Bertz CT molecular complexity index is 604. The first-order valence-electron chi connectivity index (χ1n) is 9.42. The van der Waals surface area contributed by atoms with E-state index < -0.39 is 8.65 Å². The fourth-order valence-electron chi connectivity index (χ4n) is 5.62. The van der Waals surface area contributed by atoms with Crippen molar-refractivity contribution in [2.24, 2.45) is 47.3 Å². The third-order valence-corrected chi connectivity index (χ3v) is 7.64. The Labute approximate surface area is 171 Å². The second-order valence-corrected chi connectivity index (χ2v) is 13.3. The lowest BCUT2D eigenvalue weighted by molar-refractivity contribution is -0.309. The molecule has 8 atom stereocenters. The standard InChI is InChI=1S/C20H26Br2O4/c1-19(2,21)17(23)25-7-11-12(8-26-18(24)20(3,4)22)16-14-10-6-5-9(10)13(14)15(11)16/h5-6,9-16H,7-8H2,1-4H3. The zero-order valence-corrected chi connectivity index (χ0v) is 18.7. The summed E-state index contributed by atoms with van der Waals surface area (Å²) in [5, 5.41) is 0. The lowest BCUT2D eigenvalue weighted by atomic mass is 9.25. The van der Waals surface area contributed by atoms with E-state index in [1.165, 1.54) is 0 Å². The molecule has 0 radical (unpaired) electrons. The molecule has 6 heteroatoms. The number of alkyl halides is 2. The van der Waals surface area contributed by atoms with Gasteiger partial charge in [-0.3, -0.25) is 9.59 Å². The number of ether oxygens (including phenoxy) is 2. The Morgan fingerprint density at radius 1 is 0.769 bits per heavy atom. The molecule has 8 unspecified atom stereocenters. The maximum absolute atomic E-state index is 12.1. The van der Waals surface area contributed by atoms with E-state index in [1.807, 2.05) is 0 Å². The van der Waals surface area contributed by atoms with E-state index in [0.29, 0.717) is 36.9 Å². The monoisotopic (exact) mass is 488 g/mol. The minimum Gasteiger partial charge on any atom is -0.464 e. The van der Waals surface area contributed by atoms with Crippen LogP contribution in [0.4, 0.5) is 0 Å². The second kappa shape index (κ2) is 6.07. The van der Waals surface area contributed by atoms with Crippen LogP contribution >= 0.6 is 31.9 Å². The number of carbonyl (C=O) groups is 2. The molecule has 0 aliphatic heterocycles. The highest BCUT2D eigenvalue weighted by molar-refractivity contribution is 9.10. The normalized spacial score (nSPS) is 41.9. The molecule has 0 amide bonds. The van der Waals surface area contributed by atoms with Crippen LogP contribution in [0.1, 0.15) is 27.7 Å². The van der Waals surface area contributed by atoms with Crippen LogP contribution in [0.5, 0.6) is 0 Å². The van der Waals surface area contributed by atoms with E-state index in [0.717, 1.165) is 23.7 Å². The zero-order chi connectivity index (χ0) is 19.0. The smallest absolute Gasteiger partial charge is 0.322 e. The van der Waals surface area contributed by atoms with Crippen molar-refractivity contribution in [3.63, 3.8) is 0 Å². The molecule has 26 heavy (non-hydrogen) atoms. The van der Waals surface area contributed by atoms with E-state index in [-0.39, 0.29) is 11.9 Å². The van der Waals surface area contributed by atoms with E-state index >= 15 is 0 Å². The Hall–Kier alpha value is -0.360. The number of hydrogen-bond acceptors (Lipinski definition) is 4. The lowest BCUT2D eigenvalue weighted by Gasteiger charge is -2.79. The molecule has 0 aromatic rings. The van der Waals surface area contributed by atoms with Crippen LogP contribution in [0, 0.1) is 47.3 Å². The number of carbonyl (C=O) groups excluding carboxylic acids is 2. The van der Waals surface area contributed by atoms with Crippen LogP contribution in [0.3, 0.4) is 0 Å². The highest BCUT2D eigenvalue weighted by atomic mass is 79.9. The minimum atomic E-state index is -0.668. The van der Waals surface area contributed by atoms with Gasteiger partial charge in [-0.1, -0.05) is 44.0 Å². The molecular formula is C20H26Br2O4. The van der Waals surface area contributed by atoms with E-state index in [1.54, 1.807) is 27.7 Å². The quantitative estimate of drug-likeness (QED) is 0.322. The summed E-state index contributed by atoms with van der Waals surface area (Å²) < 4.78 is 9.87. The van der Waals surface area contributed by atoms with Crippen LogP contribution in [0.2, 0.25) is 0 Å². The van der Waals surface area contributed by atoms with Crippen LogP contribution < -0.4 is 0 Å². The highest BCUT2D eigenvalue weighted by Gasteiger charge is 2.75. The molecule has 0 heterocycles. The van der Waals surface area contributed by atoms with Crippen molar-refractivity contribution < 1.29 is 19.1 Å². The third-order valence-electron chi connectivity index (χ3n) is 6.99. The van der Waals surface area contributed by atoms with Gasteiger partial charge >= 0.3 is 11.9 Å². The van der Waals surface area contributed by atoms with Gasteiger partial charge in [-0.25, -0.2) is 0 Å². The van der Waals surface area contributed by atoms with Gasteiger partial charge < -0.3 is 9.47 Å². The van der Waals surface area contributed by atoms with Gasteiger partial charge in [-0.2, -0.15) is 0 Å². The lowest BCUT2D eigenvalue weighted by Crippen LogP contribution is -2.77. The predicted molar refractivity (Wildman–Crippen MR) is 105 cm³/mol. The SMILES string of the molecule is CC(C)(Br)C(=O)OCC1C(COC(=O)C(C)(C)Br)C2C3C4C=CC4C3C12. The Balaban J connectivity index is 1.40. The number of halogens is 2. The molecule has 3 saturated carbocycles. The Kier molecular flexibility index (Phi) is 4.43. The van der Waals surface area contributed by atoms with Crippen molar-refractivity contribution in [3.8, 4) is 0 Å². The third kappa shape index (κ3) is 2.73. The van der Waals surface area contributed by atoms with Gasteiger partial charge in [0.2, 0.25) is 0 Å². The minimum absolute atomic E-state index is 0.232. The summed E-state index contributed by atoms with van der Waals surface area (Å²) in [5.41, 5.74) is 0. The number of hydrogen-bond donors (Lipinski definition) is 0. The molecule has 0 N–H and O–H groups in total. The summed E-state index contributed by atoms with van der Waals surface area (Å²) in [6.45, 7) is 8.05. The molecule has 0 aromatic carbocycles. The first kappa shape index (κ1) is 19.0. The van der Waals surface area contributed by atoms with Gasteiger partial charge in [0, 0.05) is 11.8 Å². The fourth-order valence-corrected chi connectivity index (χ4v) is 5.85. The van der Waals surface area contributed by atoms with Crippen LogP contribution in [-0.4, -0.2) is 33.8 Å². The molecule has 4 nitrogen and oxygen atoms in total. The van der Waals surface area contributed by atoms with Gasteiger partial charge in [0.1, 0.15) is 8.65 Å². The zero-order valence-electron chi connectivity index (χ0n) is 15.6. The average molecular weight is 490 g/mol. The Morgan fingerprint density at radius 2 is 1.12 bits per heavy atom. The van der Waals surface area contributed by atoms with E-state index in [2.05, 4.69) is 44.0 Å². The number of esters is 2. The van der Waals surface area contributed by atoms with E-state index in [4.69, 9.17) is 9.47 Å². The number of fused-ring (bicyclic) bond motifs is 7. The van der Waals surface area contributed by atoms with Gasteiger partial charge in [-0.15, -0.1) is 0 Å². The number of rotatable bonds is 6. The second-order valence-electron chi connectivity index (χ2n) is 9.32. The van der Waals surface area contributed by atoms with E-state index in [9.17, 15) is 9.59 Å². The summed E-state index contributed by atoms with van der Waals surface area (Å²) in [7, 11) is 0. The highest BCUT2D eigenvalue weighted by Crippen LogP contribution is 2.78. The molecule has 4 rings (SSSR count). The van der Waals surface area contributed by atoms with Gasteiger partial charge in [0.05, 0.1) is 13.2 Å². The summed E-state index contributed by atoms with van der Waals surface area (Å²) >= 11 is 6.73. The summed E-state index contributed by atoms with van der Waals surface area (Å²) in [6, 6.07) is 0. The topological polar surface area (TPSA) is 52.6 Å². The number of allylic oxidation sites excluding steroid dienone is 2. The first-order chi connectivity index (χ1) is 12.0. The molecule has 0 spiro atoms. The van der Waals surface area contributed by atoms with Crippen LogP contribution in [-0.2, 0) is 19.1 Å². The van der Waals surface area contributed by atoms with Crippen molar-refractivity contribution in [1.82, 2.24) is 0 Å². The van der Waals surface area contributed by atoms with Gasteiger partial charge in [0.15, 0.2) is 0 Å². The van der Waals surface area contributed by atoms with Crippen LogP contribution in [0.15, 0.2) is 12.2 Å². The largest absolute Gasteiger partial charge is 0.464 e. The molecular weight excluding hydrogens is 464 g/mol. The molecule has 144 valence electrons. The van der Waals surface area contributed by atoms with Gasteiger partial charge in [-0.05, 0) is 63.2 Å². The van der Waals surface area contributed by atoms with Crippen molar-refractivity contribution >= 4 is 43.8 Å². The predicted octanol–water partition coefficient (Wildman–Crippen LogP) is 3.96. The molecule has 0 saturated heterocycles. The van der Waals surface area contributed by atoms with Crippen LogP contribution in [0.25, 0.3) is 0 Å². The van der Waals surface area contributed by atoms with Gasteiger partial charge in [0.25, 0.3) is 0 Å². The van der Waals surface area contributed by atoms with Crippen molar-refractivity contribution in [2.45, 2.75) is 36.3 Å². The summed E-state index contributed by atoms with van der Waals surface area (Å²) in [5.74, 6) is 4.41. The first-order valence-corrected chi connectivity index (χ1v) is 11.0. The summed E-state index contributed by atoms with van der Waals surface area (Å²) in [4.78, 5) is 24.3. The Morgan fingerprint density at radius 3 is 1.38 bits per heavy atom. The summed E-state index contributed by atoms with van der Waals surface area (Å²) in [6.07, 6.45) is 4.68.